The number of fused-ring (bicyclic) bond motifs is 11. The number of nitrogens with zero attached hydrogens (tertiary/aromatic N) is 4. The smallest absolute Gasteiger partial charge is 0.164 e. The summed E-state index contributed by atoms with van der Waals surface area (Å²) in [6.07, 6.45) is 9.14. The normalized spacial score (nSPS) is 15.8. The molecule has 11 aromatic rings. The maximum absolute atomic E-state index is 5.39. The second kappa shape index (κ2) is 13.0. The number of rotatable bonds is 4. The molecule has 2 aromatic heterocycles. The molecule has 5 heteroatoms. The van der Waals surface area contributed by atoms with Gasteiger partial charge in [-0.3, -0.25) is 0 Å². The lowest BCUT2D eigenvalue weighted by Gasteiger charge is -2.30. The summed E-state index contributed by atoms with van der Waals surface area (Å²) < 4.78 is 2.46. The van der Waals surface area contributed by atoms with Crippen molar-refractivity contribution < 1.29 is 0 Å². The van der Waals surface area contributed by atoms with Gasteiger partial charge in [-0.05, 0) is 85.1 Å². The molecule has 0 saturated carbocycles. The molecule has 60 heavy (non-hydrogen) atoms. The predicted molar refractivity (Wildman–Crippen MR) is 252 cm³/mol. The van der Waals surface area contributed by atoms with Crippen LogP contribution < -0.4 is 4.90 Å². The quantitative estimate of drug-likeness (QED) is 0.167. The van der Waals surface area contributed by atoms with Crippen LogP contribution in [0.3, 0.4) is 0 Å². The van der Waals surface area contributed by atoms with Crippen molar-refractivity contribution in [1.29, 1.82) is 0 Å². The monoisotopic (exact) mass is 782 g/mol. The van der Waals surface area contributed by atoms with Crippen LogP contribution in [-0.2, 0) is 0 Å². The van der Waals surface area contributed by atoms with Crippen molar-refractivity contribution in [2.75, 3.05) is 4.90 Å². The first-order chi connectivity index (χ1) is 29.7. The van der Waals surface area contributed by atoms with Crippen LogP contribution in [0.15, 0.2) is 194 Å². The predicted octanol–water partition coefficient (Wildman–Crippen LogP) is 14.6. The Morgan fingerprint density at radius 2 is 1.07 bits per heavy atom. The van der Waals surface area contributed by atoms with Crippen LogP contribution in [0.1, 0.15) is 11.5 Å². The molecule has 4 nitrogen and oxygen atoms in total. The Labute approximate surface area is 350 Å². The van der Waals surface area contributed by atoms with E-state index in [0.29, 0.717) is 17.5 Å². The largest absolute Gasteiger partial charge is 0.333 e. The first-order valence-corrected chi connectivity index (χ1v) is 21.3. The summed E-state index contributed by atoms with van der Waals surface area (Å²) in [5.74, 6) is 2.18. The van der Waals surface area contributed by atoms with Crippen LogP contribution in [-0.4, -0.2) is 21.0 Å². The van der Waals surface area contributed by atoms with Crippen LogP contribution in [0, 0.1) is 0 Å². The van der Waals surface area contributed by atoms with E-state index in [0.717, 1.165) is 38.5 Å². The van der Waals surface area contributed by atoms with E-state index in [1.54, 1.807) is 0 Å². The molecule has 0 saturated heterocycles. The Kier molecular flexibility index (Phi) is 7.27. The van der Waals surface area contributed by atoms with Gasteiger partial charge >= 0.3 is 0 Å². The number of hydrogen-bond acceptors (Lipinski definition) is 5. The lowest BCUT2D eigenvalue weighted by molar-refractivity contribution is 0.746. The van der Waals surface area contributed by atoms with Crippen LogP contribution in [0.5, 0.6) is 0 Å². The van der Waals surface area contributed by atoms with Crippen molar-refractivity contribution >= 4 is 86.0 Å². The average molecular weight is 783 g/mol. The van der Waals surface area contributed by atoms with E-state index in [9.17, 15) is 0 Å². The summed E-state index contributed by atoms with van der Waals surface area (Å²) >= 11 is 1.83. The second-order valence-corrected chi connectivity index (χ2v) is 17.0. The third kappa shape index (κ3) is 5.12. The van der Waals surface area contributed by atoms with Crippen LogP contribution >= 0.6 is 11.3 Å². The number of hydrogen-bond donors (Lipinski definition) is 0. The summed E-state index contributed by atoms with van der Waals surface area (Å²) in [6, 6.07) is 61.5. The van der Waals surface area contributed by atoms with Gasteiger partial charge in [0.15, 0.2) is 17.5 Å². The van der Waals surface area contributed by atoms with Gasteiger partial charge in [-0.2, -0.15) is 0 Å². The van der Waals surface area contributed by atoms with Crippen molar-refractivity contribution in [3.05, 3.63) is 200 Å². The standard InChI is InChI=1S/C55H34N4S/c1-2-15-36-30-48-46(29-35(36)14-1)43-19-7-9-22-47(43)59(48)49-31-39(32-51-52(49)45-20-8-10-23-50(45)60-51)54-56-53(57-55(58-54)44-21-11-16-33-12-3-6-18-41(33)44)38-26-27-42-37(28-38)25-24-34-13-4-5-17-40(34)42/h1-32,43,47H. The number of thiophene rings is 1. The topological polar surface area (TPSA) is 41.9 Å². The van der Waals surface area contributed by atoms with E-state index in [4.69, 9.17) is 15.0 Å². The van der Waals surface area contributed by atoms with Gasteiger partial charge in [0, 0.05) is 48.5 Å². The Bertz CT molecular complexity index is 3650. The van der Waals surface area contributed by atoms with Gasteiger partial charge in [0.05, 0.1) is 11.7 Å². The fourth-order valence-corrected chi connectivity index (χ4v) is 10.9. The van der Waals surface area contributed by atoms with Gasteiger partial charge in [0.25, 0.3) is 0 Å². The molecule has 3 heterocycles. The highest BCUT2D eigenvalue weighted by atomic mass is 32.1. The van der Waals surface area contributed by atoms with E-state index in [-0.39, 0.29) is 12.0 Å². The van der Waals surface area contributed by atoms with Crippen LogP contribution in [0.25, 0.3) is 97.4 Å². The summed E-state index contributed by atoms with van der Waals surface area (Å²) in [5.41, 5.74) is 6.65. The van der Waals surface area contributed by atoms with Crippen molar-refractivity contribution in [1.82, 2.24) is 15.0 Å². The third-order valence-electron chi connectivity index (χ3n) is 12.6. The molecular weight excluding hydrogens is 749 g/mol. The molecule has 2 atom stereocenters. The second-order valence-electron chi connectivity index (χ2n) is 15.9. The molecule has 2 aliphatic rings. The molecule has 2 unspecified atom stereocenters. The van der Waals surface area contributed by atoms with E-state index >= 15 is 0 Å². The molecule has 280 valence electrons. The van der Waals surface area contributed by atoms with Crippen LogP contribution in [0.4, 0.5) is 11.4 Å². The van der Waals surface area contributed by atoms with Crippen molar-refractivity contribution in [3.63, 3.8) is 0 Å². The number of aromatic nitrogens is 3. The molecule has 0 amide bonds. The van der Waals surface area contributed by atoms with Gasteiger partial charge < -0.3 is 4.90 Å². The highest BCUT2D eigenvalue weighted by molar-refractivity contribution is 7.26. The Hall–Kier alpha value is -7.47. The van der Waals surface area contributed by atoms with Gasteiger partial charge in [-0.15, -0.1) is 11.3 Å². The number of anilines is 2. The number of benzene rings is 9. The molecule has 0 bridgehead atoms. The van der Waals surface area contributed by atoms with Crippen molar-refractivity contribution in [2.45, 2.75) is 12.0 Å². The van der Waals surface area contributed by atoms with E-state index < -0.39 is 0 Å². The molecule has 0 fully saturated rings. The fraction of sp³-hybridized carbons (Fsp3) is 0.0364. The number of allylic oxidation sites excluding steroid dienone is 2. The molecule has 0 spiro atoms. The molecule has 0 radical (unpaired) electrons. The van der Waals surface area contributed by atoms with Gasteiger partial charge in [-0.25, -0.2) is 15.0 Å². The molecule has 1 aliphatic heterocycles. The minimum Gasteiger partial charge on any atom is -0.333 e. The zero-order valence-corrected chi connectivity index (χ0v) is 33.1. The Balaban J connectivity index is 1.08. The van der Waals surface area contributed by atoms with Gasteiger partial charge in [-0.1, -0.05) is 158 Å². The van der Waals surface area contributed by atoms with Gasteiger partial charge in [0.2, 0.25) is 0 Å². The van der Waals surface area contributed by atoms with Crippen LogP contribution in [0.2, 0.25) is 0 Å². The first kappa shape index (κ1) is 33.5. The molecule has 9 aromatic carbocycles. The highest BCUT2D eigenvalue weighted by Gasteiger charge is 2.39. The zero-order chi connectivity index (χ0) is 39.3. The summed E-state index contributed by atoms with van der Waals surface area (Å²) in [6.45, 7) is 0. The minimum atomic E-state index is 0.118. The fourth-order valence-electron chi connectivity index (χ4n) is 9.78. The van der Waals surface area contributed by atoms with E-state index in [2.05, 4.69) is 199 Å². The highest BCUT2D eigenvalue weighted by Crippen LogP contribution is 2.53. The maximum atomic E-state index is 5.39. The molecule has 1 aliphatic carbocycles. The van der Waals surface area contributed by atoms with Gasteiger partial charge in [0.1, 0.15) is 0 Å². The maximum Gasteiger partial charge on any atom is 0.164 e. The SMILES string of the molecule is C1=CC2c3cc4ccccc4cc3N(c3cc(-c4nc(-c5ccc6c(ccc7ccccc76)c5)nc(-c5cccc6ccccc56)n4)cc4sc5ccccc5c34)C2C=C1. The zero-order valence-electron chi connectivity index (χ0n) is 32.3. The minimum absolute atomic E-state index is 0.118. The third-order valence-corrected chi connectivity index (χ3v) is 13.7. The van der Waals surface area contributed by atoms with Crippen molar-refractivity contribution in [3.8, 4) is 34.2 Å². The molecule has 0 N–H and O–H groups in total. The lowest BCUT2D eigenvalue weighted by Crippen LogP contribution is -2.28. The summed E-state index contributed by atoms with van der Waals surface area (Å²) in [5, 5.41) is 12.1. The average Bonchev–Trinajstić information content (AvgIpc) is 3.85. The van der Waals surface area contributed by atoms with E-state index in [1.807, 2.05) is 11.3 Å². The molecule has 13 rings (SSSR count). The molecular formula is C55H34N4S. The van der Waals surface area contributed by atoms with Crippen molar-refractivity contribution in [2.24, 2.45) is 0 Å². The Morgan fingerprint density at radius 3 is 1.93 bits per heavy atom. The summed E-state index contributed by atoms with van der Waals surface area (Å²) in [4.78, 5) is 18.6. The van der Waals surface area contributed by atoms with E-state index in [1.165, 1.54) is 58.4 Å². The Morgan fingerprint density at radius 1 is 0.417 bits per heavy atom. The lowest BCUT2D eigenvalue weighted by atomic mass is 9.90. The first-order valence-electron chi connectivity index (χ1n) is 20.5. The summed E-state index contributed by atoms with van der Waals surface area (Å²) in [7, 11) is 0.